The van der Waals surface area contributed by atoms with Crippen molar-refractivity contribution in [3.05, 3.63) is 0 Å². The summed E-state index contributed by atoms with van der Waals surface area (Å²) in [6.07, 6.45) is 9.21. The number of hydrogen-bond donors (Lipinski definition) is 1. The lowest BCUT2D eigenvalue weighted by molar-refractivity contribution is -0.136. The van der Waals surface area contributed by atoms with Crippen LogP contribution < -0.4 is 5.73 Å². The van der Waals surface area contributed by atoms with Gasteiger partial charge in [0.1, 0.15) is 0 Å². The topological polar surface area (TPSA) is 46.3 Å². The molecule has 4 fully saturated rings. The molecule has 116 valence electrons. The molecule has 0 unspecified atom stereocenters. The van der Waals surface area contributed by atoms with Crippen LogP contribution in [0, 0.1) is 23.2 Å². The van der Waals surface area contributed by atoms with E-state index in [0.717, 1.165) is 30.7 Å². The smallest absolute Gasteiger partial charge is 0.239 e. The highest BCUT2D eigenvalue weighted by Crippen LogP contribution is 2.60. The average Bonchev–Trinajstić information content (AvgIpc) is 2.34. The van der Waals surface area contributed by atoms with Crippen molar-refractivity contribution in [1.82, 2.24) is 4.90 Å². The van der Waals surface area contributed by atoms with Crippen LogP contribution in [0.3, 0.4) is 0 Å². The van der Waals surface area contributed by atoms with Gasteiger partial charge in [-0.05, 0) is 68.1 Å². The van der Waals surface area contributed by atoms with Gasteiger partial charge in [-0.3, -0.25) is 4.79 Å². The molecule has 4 rings (SSSR count). The molecule has 0 aromatic carbocycles. The van der Waals surface area contributed by atoms with Crippen LogP contribution in [0.2, 0.25) is 0 Å². The van der Waals surface area contributed by atoms with E-state index >= 15 is 0 Å². The molecule has 0 aliphatic heterocycles. The number of amides is 1. The second kappa shape index (κ2) is 5.84. The summed E-state index contributed by atoms with van der Waals surface area (Å²) in [6.45, 7) is 2.93. The Kier molecular flexibility index (Phi) is 4.70. The molecule has 4 aliphatic carbocycles. The van der Waals surface area contributed by atoms with E-state index in [0.29, 0.717) is 5.41 Å². The number of carbonyl (C=O) groups excluding carboxylic acids is 1. The highest BCUT2D eigenvalue weighted by Gasteiger charge is 2.51. The lowest BCUT2D eigenvalue weighted by Gasteiger charge is -2.57. The van der Waals surface area contributed by atoms with E-state index in [9.17, 15) is 4.79 Å². The maximum Gasteiger partial charge on any atom is 0.239 e. The Bertz CT molecular complexity index is 336. The Hall–Kier alpha value is -0.280. The van der Waals surface area contributed by atoms with Gasteiger partial charge in [0, 0.05) is 13.6 Å². The number of halogens is 1. The summed E-state index contributed by atoms with van der Waals surface area (Å²) in [6, 6.07) is -0.307. The molecule has 4 heteroatoms. The van der Waals surface area contributed by atoms with Crippen molar-refractivity contribution in [2.24, 2.45) is 28.9 Å². The zero-order valence-electron chi connectivity index (χ0n) is 12.8. The third kappa shape index (κ3) is 2.85. The fourth-order valence-electron chi connectivity index (χ4n) is 5.52. The number of nitrogens with two attached hydrogens (primary N) is 1. The van der Waals surface area contributed by atoms with Gasteiger partial charge in [-0.2, -0.15) is 0 Å². The van der Waals surface area contributed by atoms with Crippen molar-refractivity contribution < 1.29 is 4.79 Å². The van der Waals surface area contributed by atoms with Gasteiger partial charge in [0.15, 0.2) is 0 Å². The monoisotopic (exact) mass is 300 g/mol. The summed E-state index contributed by atoms with van der Waals surface area (Å²) in [5, 5.41) is 0. The van der Waals surface area contributed by atoms with Gasteiger partial charge in [0.2, 0.25) is 5.91 Å². The zero-order chi connectivity index (χ0) is 13.6. The predicted octanol–water partition coefficient (Wildman–Crippen LogP) is 2.82. The number of carbonyl (C=O) groups is 1. The van der Waals surface area contributed by atoms with Gasteiger partial charge in [-0.25, -0.2) is 0 Å². The van der Waals surface area contributed by atoms with E-state index in [-0.39, 0.29) is 24.4 Å². The Morgan fingerprint density at radius 1 is 1.20 bits per heavy atom. The first-order valence-electron chi connectivity index (χ1n) is 8.02. The molecule has 2 N–H and O–H groups in total. The van der Waals surface area contributed by atoms with Crippen LogP contribution in [0.5, 0.6) is 0 Å². The molecule has 0 radical (unpaired) electrons. The quantitative estimate of drug-likeness (QED) is 0.868. The van der Waals surface area contributed by atoms with E-state index in [2.05, 4.69) is 0 Å². The molecule has 3 nitrogen and oxygen atoms in total. The Morgan fingerprint density at radius 3 is 2.05 bits per heavy atom. The van der Waals surface area contributed by atoms with Gasteiger partial charge in [0.25, 0.3) is 0 Å². The second-order valence-corrected chi connectivity index (χ2v) is 7.63. The van der Waals surface area contributed by atoms with E-state index in [1.165, 1.54) is 38.5 Å². The standard InChI is InChI=1S/C16H28N2O.ClH/c1-3-14(17)15(19)18(2)10-16-7-11-4-12(8-16)6-13(5-11)9-16;/h11-14H,3-10,17H2,1-2H3;1H/t11?,12?,13?,14-,16?;/m0./s1. The van der Waals surface area contributed by atoms with E-state index in [1.807, 2.05) is 18.9 Å². The molecule has 1 amide bonds. The SMILES string of the molecule is CC[C@H](N)C(=O)N(C)CC12CC3CC(CC(C3)C1)C2.Cl. The minimum atomic E-state index is -0.307. The zero-order valence-corrected chi connectivity index (χ0v) is 13.6. The molecule has 1 atom stereocenters. The van der Waals surface area contributed by atoms with E-state index in [4.69, 9.17) is 5.73 Å². The summed E-state index contributed by atoms with van der Waals surface area (Å²) in [5.41, 5.74) is 6.33. The fourth-order valence-corrected chi connectivity index (χ4v) is 5.52. The van der Waals surface area contributed by atoms with Crippen LogP contribution in [0.25, 0.3) is 0 Å². The van der Waals surface area contributed by atoms with Crippen molar-refractivity contribution in [2.75, 3.05) is 13.6 Å². The molecule has 4 aliphatic rings. The van der Waals surface area contributed by atoms with Gasteiger partial charge in [-0.1, -0.05) is 6.92 Å². The highest BCUT2D eigenvalue weighted by molar-refractivity contribution is 5.85. The first-order chi connectivity index (χ1) is 9.01. The van der Waals surface area contributed by atoms with Crippen molar-refractivity contribution in [2.45, 2.75) is 57.9 Å². The first-order valence-corrected chi connectivity index (χ1v) is 8.02. The summed E-state index contributed by atoms with van der Waals surface area (Å²) in [4.78, 5) is 14.1. The molecule has 0 aromatic heterocycles. The van der Waals surface area contributed by atoms with Gasteiger partial charge < -0.3 is 10.6 Å². The van der Waals surface area contributed by atoms with Crippen LogP contribution in [-0.2, 0) is 4.79 Å². The molecule has 4 saturated carbocycles. The minimum absolute atomic E-state index is 0. The molecule has 0 aromatic rings. The summed E-state index contributed by atoms with van der Waals surface area (Å²) in [5.74, 6) is 3.00. The largest absolute Gasteiger partial charge is 0.344 e. The molecule has 4 bridgehead atoms. The molecule has 20 heavy (non-hydrogen) atoms. The lowest BCUT2D eigenvalue weighted by atomic mass is 9.49. The van der Waals surface area contributed by atoms with Crippen LogP contribution in [0.1, 0.15) is 51.9 Å². The second-order valence-electron chi connectivity index (χ2n) is 7.63. The highest BCUT2D eigenvalue weighted by atomic mass is 35.5. The molecule has 0 spiro atoms. The van der Waals surface area contributed by atoms with Gasteiger partial charge >= 0.3 is 0 Å². The normalized spacial score (nSPS) is 39.2. The molecular weight excluding hydrogens is 272 g/mol. The number of rotatable bonds is 4. The minimum Gasteiger partial charge on any atom is -0.344 e. The third-order valence-electron chi connectivity index (χ3n) is 5.87. The average molecular weight is 301 g/mol. The Morgan fingerprint density at radius 2 is 1.65 bits per heavy atom. The fraction of sp³-hybridized carbons (Fsp3) is 0.938. The summed E-state index contributed by atoms with van der Waals surface area (Å²) >= 11 is 0. The lowest BCUT2D eigenvalue weighted by Crippen LogP contribution is -2.53. The van der Waals surface area contributed by atoms with Crippen LogP contribution in [-0.4, -0.2) is 30.4 Å². The number of hydrogen-bond acceptors (Lipinski definition) is 2. The van der Waals surface area contributed by atoms with Crippen molar-refractivity contribution >= 4 is 18.3 Å². The first kappa shape index (κ1) is 16.1. The van der Waals surface area contributed by atoms with Gasteiger partial charge in [-0.15, -0.1) is 12.4 Å². The Labute approximate surface area is 129 Å². The maximum absolute atomic E-state index is 12.2. The van der Waals surface area contributed by atoms with Crippen LogP contribution in [0.4, 0.5) is 0 Å². The molecular formula is C16H29ClN2O. The summed E-state index contributed by atoms with van der Waals surface area (Å²) in [7, 11) is 1.95. The van der Waals surface area contributed by atoms with Crippen LogP contribution >= 0.6 is 12.4 Å². The predicted molar refractivity (Wildman–Crippen MR) is 83.8 cm³/mol. The van der Waals surface area contributed by atoms with Crippen molar-refractivity contribution in [1.29, 1.82) is 0 Å². The maximum atomic E-state index is 12.2. The van der Waals surface area contributed by atoms with Gasteiger partial charge in [0.05, 0.1) is 6.04 Å². The Balaban J connectivity index is 0.00000147. The molecule has 0 saturated heterocycles. The molecule has 0 heterocycles. The third-order valence-corrected chi connectivity index (χ3v) is 5.87. The van der Waals surface area contributed by atoms with E-state index in [1.54, 1.807) is 0 Å². The van der Waals surface area contributed by atoms with E-state index < -0.39 is 0 Å². The van der Waals surface area contributed by atoms with Crippen molar-refractivity contribution in [3.63, 3.8) is 0 Å². The number of likely N-dealkylation sites (N-methyl/N-ethyl adjacent to an activating group) is 1. The van der Waals surface area contributed by atoms with Crippen LogP contribution in [0.15, 0.2) is 0 Å². The van der Waals surface area contributed by atoms with Crippen molar-refractivity contribution in [3.8, 4) is 0 Å². The number of nitrogens with zero attached hydrogens (tertiary/aromatic N) is 1. The summed E-state index contributed by atoms with van der Waals surface area (Å²) < 4.78 is 0.